The Morgan fingerprint density at radius 2 is 2.38 bits per heavy atom. The van der Waals surface area contributed by atoms with E-state index in [4.69, 9.17) is 16.3 Å². The van der Waals surface area contributed by atoms with Gasteiger partial charge in [-0.3, -0.25) is 0 Å². The maximum absolute atomic E-state index is 5.90. The molecule has 0 radical (unpaired) electrons. The first-order valence-electron chi connectivity index (χ1n) is 5.25. The number of rotatable bonds is 3. The summed E-state index contributed by atoms with van der Waals surface area (Å²) in [5.74, 6) is 0. The fourth-order valence-electron chi connectivity index (χ4n) is 1.59. The minimum Gasteiger partial charge on any atom is -0.497 e. The number of nitrogens with one attached hydrogen (secondary N) is 1. The number of hydrogen-bond acceptors (Lipinski definition) is 2. The molecule has 1 aromatic carbocycles. The second kappa shape index (κ2) is 5.77. The van der Waals surface area contributed by atoms with E-state index in [1.54, 1.807) is 6.26 Å². The zero-order valence-electron chi connectivity index (χ0n) is 8.75. The molecule has 0 saturated heterocycles. The van der Waals surface area contributed by atoms with Gasteiger partial charge in [-0.1, -0.05) is 11.6 Å². The van der Waals surface area contributed by atoms with Crippen LogP contribution in [-0.2, 0) is 4.74 Å². The van der Waals surface area contributed by atoms with E-state index in [0.717, 1.165) is 33.7 Å². The highest BCUT2D eigenvalue weighted by Gasteiger charge is 2.11. The third kappa shape index (κ3) is 3.28. The molecule has 0 saturated carbocycles. The molecule has 2 rings (SSSR count). The first-order chi connectivity index (χ1) is 7.75. The molecule has 2 nitrogen and oxygen atoms in total. The summed E-state index contributed by atoms with van der Waals surface area (Å²) in [6, 6.07) is 5.85. The van der Waals surface area contributed by atoms with E-state index in [2.05, 4.69) is 34.0 Å². The normalized spacial score (nSPS) is 19.2. The van der Waals surface area contributed by atoms with Gasteiger partial charge < -0.3 is 10.1 Å². The van der Waals surface area contributed by atoms with E-state index < -0.39 is 0 Å². The molecule has 0 amide bonds. The SMILES string of the molecule is Clc1ccc(NCC2CCC=CO2)c(I)c1. The van der Waals surface area contributed by atoms with Crippen molar-refractivity contribution in [3.63, 3.8) is 0 Å². The average Bonchev–Trinajstić information content (AvgIpc) is 2.29. The molecular formula is C12H13ClINO. The molecule has 1 N–H and O–H groups in total. The molecule has 1 aliphatic heterocycles. The molecule has 0 fully saturated rings. The fraction of sp³-hybridized carbons (Fsp3) is 0.333. The van der Waals surface area contributed by atoms with Crippen molar-refractivity contribution in [3.05, 3.63) is 39.1 Å². The van der Waals surface area contributed by atoms with E-state index in [1.165, 1.54) is 0 Å². The predicted octanol–water partition coefficient (Wildman–Crippen LogP) is 4.05. The summed E-state index contributed by atoms with van der Waals surface area (Å²) in [5.41, 5.74) is 1.11. The minimum atomic E-state index is 0.275. The van der Waals surface area contributed by atoms with Crippen LogP contribution in [0.25, 0.3) is 0 Å². The Morgan fingerprint density at radius 3 is 3.06 bits per heavy atom. The molecule has 4 heteroatoms. The van der Waals surface area contributed by atoms with E-state index in [9.17, 15) is 0 Å². The third-order valence-electron chi connectivity index (χ3n) is 2.47. The van der Waals surface area contributed by atoms with Gasteiger partial charge in [-0.25, -0.2) is 0 Å². The molecule has 86 valence electrons. The van der Waals surface area contributed by atoms with Crippen LogP contribution in [0.15, 0.2) is 30.5 Å². The Labute approximate surface area is 114 Å². The Hall–Kier alpha value is -0.420. The summed E-state index contributed by atoms with van der Waals surface area (Å²) in [7, 11) is 0. The second-order valence-electron chi connectivity index (χ2n) is 3.71. The maximum atomic E-state index is 5.90. The van der Waals surface area contributed by atoms with Gasteiger partial charge in [0.2, 0.25) is 0 Å². The molecule has 0 bridgehead atoms. The standard InChI is InChI=1S/C12H13ClINO/c13-9-4-5-12(11(14)7-9)15-8-10-3-1-2-6-16-10/h2,4-7,10,15H,1,3,8H2. The van der Waals surface area contributed by atoms with Crippen molar-refractivity contribution in [2.75, 3.05) is 11.9 Å². The van der Waals surface area contributed by atoms with Gasteiger partial charge in [0.1, 0.15) is 6.10 Å². The number of hydrogen-bond donors (Lipinski definition) is 1. The van der Waals surface area contributed by atoms with Gasteiger partial charge in [0.25, 0.3) is 0 Å². The van der Waals surface area contributed by atoms with Gasteiger partial charge >= 0.3 is 0 Å². The molecule has 1 aliphatic rings. The molecule has 0 aromatic heterocycles. The summed E-state index contributed by atoms with van der Waals surface area (Å²) >= 11 is 8.18. The first kappa shape index (κ1) is 12.0. The monoisotopic (exact) mass is 349 g/mol. The molecule has 1 aromatic rings. The molecule has 16 heavy (non-hydrogen) atoms. The Bertz CT molecular complexity index is 395. The van der Waals surface area contributed by atoms with Crippen LogP contribution in [0, 0.1) is 3.57 Å². The van der Waals surface area contributed by atoms with Gasteiger partial charge in [-0.15, -0.1) is 0 Å². The highest BCUT2D eigenvalue weighted by atomic mass is 127. The largest absolute Gasteiger partial charge is 0.497 e. The highest BCUT2D eigenvalue weighted by Crippen LogP contribution is 2.22. The van der Waals surface area contributed by atoms with Crippen LogP contribution in [0.2, 0.25) is 5.02 Å². The average molecular weight is 350 g/mol. The lowest BCUT2D eigenvalue weighted by Crippen LogP contribution is -2.23. The quantitative estimate of drug-likeness (QED) is 0.831. The van der Waals surface area contributed by atoms with Crippen LogP contribution in [0.4, 0.5) is 5.69 Å². The van der Waals surface area contributed by atoms with Crippen molar-refractivity contribution in [1.29, 1.82) is 0 Å². The van der Waals surface area contributed by atoms with Crippen LogP contribution in [0.5, 0.6) is 0 Å². The van der Waals surface area contributed by atoms with Crippen molar-refractivity contribution in [2.45, 2.75) is 18.9 Å². The zero-order valence-corrected chi connectivity index (χ0v) is 11.7. The van der Waals surface area contributed by atoms with Crippen molar-refractivity contribution in [2.24, 2.45) is 0 Å². The van der Waals surface area contributed by atoms with Crippen molar-refractivity contribution in [3.8, 4) is 0 Å². The summed E-state index contributed by atoms with van der Waals surface area (Å²) in [6.45, 7) is 0.835. The smallest absolute Gasteiger partial charge is 0.115 e. The summed E-state index contributed by atoms with van der Waals surface area (Å²) in [4.78, 5) is 0. The molecule has 1 heterocycles. The minimum absolute atomic E-state index is 0.275. The molecule has 0 aliphatic carbocycles. The maximum Gasteiger partial charge on any atom is 0.115 e. The van der Waals surface area contributed by atoms with Gasteiger partial charge in [0.15, 0.2) is 0 Å². The van der Waals surface area contributed by atoms with Gasteiger partial charge in [0, 0.05) is 14.3 Å². The molecule has 0 spiro atoms. The van der Waals surface area contributed by atoms with Crippen molar-refractivity contribution in [1.82, 2.24) is 0 Å². The van der Waals surface area contributed by atoms with Crippen LogP contribution < -0.4 is 5.32 Å². The van der Waals surface area contributed by atoms with Crippen LogP contribution in [0.3, 0.4) is 0 Å². The number of halogens is 2. The molecule has 1 unspecified atom stereocenters. The van der Waals surface area contributed by atoms with Crippen molar-refractivity contribution >= 4 is 39.9 Å². The topological polar surface area (TPSA) is 21.3 Å². The van der Waals surface area contributed by atoms with Gasteiger partial charge in [0.05, 0.1) is 12.8 Å². The van der Waals surface area contributed by atoms with Crippen LogP contribution in [-0.4, -0.2) is 12.6 Å². The fourth-order valence-corrected chi connectivity index (χ4v) is 2.65. The number of anilines is 1. The van der Waals surface area contributed by atoms with E-state index >= 15 is 0 Å². The number of ether oxygens (including phenoxy) is 1. The lowest BCUT2D eigenvalue weighted by atomic mass is 10.1. The summed E-state index contributed by atoms with van der Waals surface area (Å²) in [6.07, 6.45) is 6.31. The van der Waals surface area contributed by atoms with Crippen LogP contribution in [0.1, 0.15) is 12.8 Å². The first-order valence-corrected chi connectivity index (χ1v) is 6.71. The number of allylic oxidation sites excluding steroid dienone is 1. The Balaban J connectivity index is 1.91. The molecular weight excluding hydrogens is 336 g/mol. The van der Waals surface area contributed by atoms with Gasteiger partial charge in [-0.2, -0.15) is 0 Å². The third-order valence-corrected chi connectivity index (χ3v) is 3.60. The van der Waals surface area contributed by atoms with Crippen LogP contribution >= 0.6 is 34.2 Å². The van der Waals surface area contributed by atoms with E-state index in [0.29, 0.717) is 0 Å². The summed E-state index contributed by atoms with van der Waals surface area (Å²) in [5, 5.41) is 4.16. The number of benzene rings is 1. The Kier molecular flexibility index (Phi) is 4.35. The van der Waals surface area contributed by atoms with E-state index in [1.807, 2.05) is 18.2 Å². The Morgan fingerprint density at radius 1 is 1.50 bits per heavy atom. The highest BCUT2D eigenvalue weighted by molar-refractivity contribution is 14.1. The molecule has 1 atom stereocenters. The lowest BCUT2D eigenvalue weighted by molar-refractivity contribution is 0.135. The van der Waals surface area contributed by atoms with Gasteiger partial charge in [-0.05, 0) is 59.7 Å². The lowest BCUT2D eigenvalue weighted by Gasteiger charge is -2.20. The van der Waals surface area contributed by atoms with Crippen molar-refractivity contribution < 1.29 is 4.74 Å². The van der Waals surface area contributed by atoms with E-state index in [-0.39, 0.29) is 6.10 Å². The predicted molar refractivity (Wildman–Crippen MR) is 75.9 cm³/mol. The summed E-state index contributed by atoms with van der Waals surface area (Å²) < 4.78 is 6.63. The second-order valence-corrected chi connectivity index (χ2v) is 5.31. The zero-order chi connectivity index (χ0) is 11.4.